The minimum Gasteiger partial charge on any atom is -0.318 e. The van der Waals surface area contributed by atoms with Crippen molar-refractivity contribution in [1.82, 2.24) is 0 Å². The van der Waals surface area contributed by atoms with Crippen LogP contribution in [0.15, 0.2) is 42.5 Å². The molecule has 104 valence electrons. The second kappa shape index (κ2) is 5.23. The molecule has 0 fully saturated rings. The average Bonchev–Trinajstić information content (AvgIpc) is 2.46. The summed E-state index contributed by atoms with van der Waals surface area (Å²) in [4.78, 5) is 0. The van der Waals surface area contributed by atoms with Crippen LogP contribution in [0.3, 0.4) is 0 Å². The summed E-state index contributed by atoms with van der Waals surface area (Å²) in [5.41, 5.74) is 11.3. The van der Waals surface area contributed by atoms with E-state index in [1.165, 1.54) is 42.4 Å². The van der Waals surface area contributed by atoms with Crippen LogP contribution in [0.4, 0.5) is 0 Å². The lowest BCUT2D eigenvalue weighted by Gasteiger charge is -2.28. The molecule has 2 N–H and O–H groups in total. The highest BCUT2D eigenvalue weighted by atomic mass is 35.5. The Morgan fingerprint density at radius 1 is 0.950 bits per heavy atom. The van der Waals surface area contributed by atoms with E-state index in [1.54, 1.807) is 0 Å². The van der Waals surface area contributed by atoms with E-state index in [0.29, 0.717) is 0 Å². The summed E-state index contributed by atoms with van der Waals surface area (Å²) >= 11 is 6.10. The Morgan fingerprint density at radius 3 is 2.40 bits per heavy atom. The van der Waals surface area contributed by atoms with Gasteiger partial charge in [0.25, 0.3) is 0 Å². The molecule has 2 aromatic carbocycles. The quantitative estimate of drug-likeness (QED) is 0.867. The fourth-order valence-corrected chi connectivity index (χ4v) is 3.22. The second-order valence-corrected chi connectivity index (χ2v) is 6.34. The highest BCUT2D eigenvalue weighted by molar-refractivity contribution is 6.30. The summed E-state index contributed by atoms with van der Waals surface area (Å²) < 4.78 is 0. The van der Waals surface area contributed by atoms with Gasteiger partial charge in [0, 0.05) is 5.02 Å². The third kappa shape index (κ3) is 2.48. The molecule has 0 saturated carbocycles. The van der Waals surface area contributed by atoms with E-state index in [0.717, 1.165) is 10.6 Å². The normalized spacial score (nSPS) is 17.4. The van der Waals surface area contributed by atoms with Gasteiger partial charge in [0.15, 0.2) is 0 Å². The minimum absolute atomic E-state index is 0.503. The molecule has 0 spiro atoms. The number of hydrogen-bond acceptors (Lipinski definition) is 1. The molecule has 1 aliphatic carbocycles. The zero-order valence-electron chi connectivity index (χ0n) is 11.8. The van der Waals surface area contributed by atoms with Gasteiger partial charge in [0.1, 0.15) is 0 Å². The van der Waals surface area contributed by atoms with Crippen LogP contribution in [0, 0.1) is 0 Å². The molecule has 1 atom stereocenters. The van der Waals surface area contributed by atoms with Crippen molar-refractivity contribution in [3.05, 3.63) is 69.7 Å². The molecule has 20 heavy (non-hydrogen) atoms. The molecule has 1 unspecified atom stereocenters. The fraction of sp³-hybridized carbons (Fsp3) is 0.333. The molecule has 0 heterocycles. The van der Waals surface area contributed by atoms with Gasteiger partial charge in [-0.25, -0.2) is 0 Å². The lowest BCUT2D eigenvalue weighted by molar-refractivity contribution is 0.598. The maximum atomic E-state index is 6.60. The first kappa shape index (κ1) is 13.7. The smallest absolute Gasteiger partial charge is 0.0637 e. The predicted octanol–water partition coefficient (Wildman–Crippen LogP) is 4.44. The van der Waals surface area contributed by atoms with E-state index in [2.05, 4.69) is 25.1 Å². The molecular formula is C18H20ClN. The number of halogens is 1. The average molecular weight is 286 g/mol. The third-order valence-electron chi connectivity index (χ3n) is 4.37. The van der Waals surface area contributed by atoms with Crippen molar-refractivity contribution in [2.75, 3.05) is 0 Å². The van der Waals surface area contributed by atoms with Crippen LogP contribution in [0.5, 0.6) is 0 Å². The van der Waals surface area contributed by atoms with Crippen LogP contribution >= 0.6 is 11.6 Å². The second-order valence-electron chi connectivity index (χ2n) is 5.90. The number of fused-ring (bicyclic) bond motifs is 1. The molecule has 2 heteroatoms. The molecular weight excluding hydrogens is 266 g/mol. The lowest BCUT2D eigenvalue weighted by atomic mass is 9.82. The summed E-state index contributed by atoms with van der Waals surface area (Å²) in [6.45, 7) is 2.06. The summed E-state index contributed by atoms with van der Waals surface area (Å²) in [5.74, 6) is 0. The molecule has 0 saturated heterocycles. The van der Waals surface area contributed by atoms with Crippen molar-refractivity contribution in [3.63, 3.8) is 0 Å². The molecule has 1 aliphatic rings. The van der Waals surface area contributed by atoms with Crippen molar-refractivity contribution < 1.29 is 0 Å². The van der Waals surface area contributed by atoms with Gasteiger partial charge < -0.3 is 5.73 Å². The van der Waals surface area contributed by atoms with Crippen molar-refractivity contribution >= 4 is 11.6 Å². The zero-order valence-corrected chi connectivity index (χ0v) is 12.6. The maximum Gasteiger partial charge on any atom is 0.0637 e. The first-order valence-corrected chi connectivity index (χ1v) is 7.62. The van der Waals surface area contributed by atoms with Gasteiger partial charge in [-0.05, 0) is 67.0 Å². The number of rotatable bonds is 2. The Bertz CT molecular complexity index is 631. The van der Waals surface area contributed by atoms with Crippen molar-refractivity contribution in [2.24, 2.45) is 5.73 Å². The van der Waals surface area contributed by atoms with Gasteiger partial charge in [-0.1, -0.05) is 41.9 Å². The fourth-order valence-electron chi connectivity index (χ4n) is 3.03. The Hall–Kier alpha value is -1.31. The Morgan fingerprint density at radius 2 is 1.65 bits per heavy atom. The van der Waals surface area contributed by atoms with E-state index in [4.69, 9.17) is 17.3 Å². The maximum absolute atomic E-state index is 6.60. The van der Waals surface area contributed by atoms with E-state index >= 15 is 0 Å². The van der Waals surface area contributed by atoms with Gasteiger partial charge in [0.05, 0.1) is 5.54 Å². The van der Waals surface area contributed by atoms with Gasteiger partial charge in [-0.2, -0.15) is 0 Å². The highest BCUT2D eigenvalue weighted by Gasteiger charge is 2.25. The van der Waals surface area contributed by atoms with Crippen LogP contribution < -0.4 is 5.73 Å². The van der Waals surface area contributed by atoms with E-state index in [9.17, 15) is 0 Å². The van der Waals surface area contributed by atoms with Gasteiger partial charge in [-0.3, -0.25) is 0 Å². The predicted molar refractivity (Wildman–Crippen MR) is 85.2 cm³/mol. The van der Waals surface area contributed by atoms with Gasteiger partial charge in [0.2, 0.25) is 0 Å². The Balaban J connectivity index is 2.02. The summed E-state index contributed by atoms with van der Waals surface area (Å²) in [5, 5.41) is 0.733. The molecule has 0 aliphatic heterocycles. The number of nitrogens with two attached hydrogens (primary N) is 1. The molecule has 0 amide bonds. The van der Waals surface area contributed by atoms with Crippen LogP contribution in [-0.4, -0.2) is 0 Å². The SMILES string of the molecule is CC(N)(c1cccc(Cl)c1)c1ccc2c(c1)CCCC2. The minimum atomic E-state index is -0.503. The van der Waals surface area contributed by atoms with Crippen LogP contribution in [0.1, 0.15) is 42.0 Å². The van der Waals surface area contributed by atoms with Crippen molar-refractivity contribution in [1.29, 1.82) is 0 Å². The summed E-state index contributed by atoms with van der Waals surface area (Å²) in [6.07, 6.45) is 4.97. The highest BCUT2D eigenvalue weighted by Crippen LogP contribution is 2.31. The van der Waals surface area contributed by atoms with E-state index < -0.39 is 5.54 Å². The van der Waals surface area contributed by atoms with E-state index in [-0.39, 0.29) is 0 Å². The first-order chi connectivity index (χ1) is 9.57. The molecule has 1 nitrogen and oxygen atoms in total. The molecule has 0 bridgehead atoms. The zero-order chi connectivity index (χ0) is 14.2. The van der Waals surface area contributed by atoms with E-state index in [1.807, 2.05) is 24.3 Å². The van der Waals surface area contributed by atoms with Gasteiger partial charge >= 0.3 is 0 Å². The van der Waals surface area contributed by atoms with Crippen molar-refractivity contribution in [2.45, 2.75) is 38.1 Å². The topological polar surface area (TPSA) is 26.0 Å². The Labute approximate surface area is 125 Å². The van der Waals surface area contributed by atoms with Gasteiger partial charge in [-0.15, -0.1) is 0 Å². The monoisotopic (exact) mass is 285 g/mol. The summed E-state index contributed by atoms with van der Waals surface area (Å²) in [7, 11) is 0. The van der Waals surface area contributed by atoms with Crippen LogP contribution in [0.2, 0.25) is 5.02 Å². The largest absolute Gasteiger partial charge is 0.318 e. The Kier molecular flexibility index (Phi) is 3.57. The standard InChI is InChI=1S/C18H20ClN/c1-18(20,15-7-4-8-17(19)12-15)16-10-9-13-5-2-3-6-14(13)11-16/h4,7-12H,2-3,5-6,20H2,1H3. The number of hydrogen-bond donors (Lipinski definition) is 1. The van der Waals surface area contributed by atoms with Crippen LogP contribution in [0.25, 0.3) is 0 Å². The van der Waals surface area contributed by atoms with Crippen LogP contribution in [-0.2, 0) is 18.4 Å². The molecule has 2 aromatic rings. The third-order valence-corrected chi connectivity index (χ3v) is 4.61. The van der Waals surface area contributed by atoms with Crippen molar-refractivity contribution in [3.8, 4) is 0 Å². The first-order valence-electron chi connectivity index (χ1n) is 7.24. The number of aryl methyl sites for hydroxylation is 2. The molecule has 0 aromatic heterocycles. The summed E-state index contributed by atoms with van der Waals surface area (Å²) in [6, 6.07) is 14.6. The lowest BCUT2D eigenvalue weighted by Crippen LogP contribution is -2.34. The number of benzene rings is 2. The molecule has 0 radical (unpaired) electrons. The molecule has 3 rings (SSSR count).